The van der Waals surface area contributed by atoms with E-state index in [0.717, 1.165) is 0 Å². The van der Waals surface area contributed by atoms with E-state index in [1.54, 1.807) is 6.92 Å². The molecule has 21 heavy (non-hydrogen) atoms. The van der Waals surface area contributed by atoms with Gasteiger partial charge in [-0.15, -0.1) is 0 Å². The Balaban J connectivity index is 0. The fourth-order valence-electron chi connectivity index (χ4n) is 1.16. The zero-order valence-corrected chi connectivity index (χ0v) is 13.2. The molecule has 0 saturated heterocycles. The lowest BCUT2D eigenvalue weighted by molar-refractivity contribution is -0.873. The van der Waals surface area contributed by atoms with Crippen molar-refractivity contribution in [2.24, 2.45) is 0 Å². The minimum Gasteiger partial charge on any atom is -0.550 e. The van der Waals surface area contributed by atoms with Crippen LogP contribution in [0.3, 0.4) is 0 Å². The summed E-state index contributed by atoms with van der Waals surface area (Å²) in [4.78, 5) is 30.8. The molecule has 0 aromatic rings. The van der Waals surface area contributed by atoms with Crippen LogP contribution in [-0.4, -0.2) is 72.5 Å². The summed E-state index contributed by atoms with van der Waals surface area (Å²) in [6.07, 6.45) is -2.18. The zero-order valence-electron chi connectivity index (χ0n) is 13.2. The van der Waals surface area contributed by atoms with Gasteiger partial charge in [-0.3, -0.25) is 4.79 Å². The second-order valence-corrected chi connectivity index (χ2v) is 5.53. The molecule has 0 amide bonds. The van der Waals surface area contributed by atoms with Crippen LogP contribution >= 0.6 is 0 Å². The van der Waals surface area contributed by atoms with Crippen molar-refractivity contribution >= 4 is 17.9 Å². The van der Waals surface area contributed by atoms with Crippen molar-refractivity contribution in [1.29, 1.82) is 0 Å². The molecule has 0 bridgehead atoms. The highest BCUT2D eigenvalue weighted by Crippen LogP contribution is 1.97. The van der Waals surface area contributed by atoms with Gasteiger partial charge in [0.15, 0.2) is 0 Å². The maximum Gasteiger partial charge on any atom is 0.342 e. The lowest BCUT2D eigenvalue weighted by atomic mass is 10.2. The van der Waals surface area contributed by atoms with Gasteiger partial charge in [-0.25, -0.2) is 4.79 Å². The normalized spacial score (nSPS) is 13.5. The number of aliphatic carboxylic acids is 1. The summed E-state index contributed by atoms with van der Waals surface area (Å²) in [5.74, 6) is -2.72. The number of likely N-dealkylation sites (N-methyl/N-ethyl adjacent to an activating group) is 1. The average Bonchev–Trinajstić information content (AvgIpc) is 2.25. The van der Waals surface area contributed by atoms with E-state index >= 15 is 0 Å². The van der Waals surface area contributed by atoms with Crippen LogP contribution < -0.4 is 5.11 Å². The molecule has 1 unspecified atom stereocenters. The predicted molar refractivity (Wildman–Crippen MR) is 71.6 cm³/mol. The summed E-state index contributed by atoms with van der Waals surface area (Å²) in [5, 5.41) is 27.7. The molecule has 0 saturated carbocycles. The monoisotopic (exact) mass is 307 g/mol. The summed E-state index contributed by atoms with van der Waals surface area (Å²) in [6.45, 7) is 3.23. The standard InChI is InChI=1S/C7H15NO3.C6H10O4/c1-8(2,3)5-6(9)4-7(10)11;1-3-5(8)10-6(9)4(2)7/h6,9H,4-5H2,1-3H3;4,7H,3H2,1-2H3/t6-;/m1./s1. The van der Waals surface area contributed by atoms with Gasteiger partial charge in [0.2, 0.25) is 0 Å². The molecule has 2 atom stereocenters. The Hall–Kier alpha value is -1.51. The molecule has 0 aliphatic heterocycles. The van der Waals surface area contributed by atoms with Gasteiger partial charge >= 0.3 is 11.9 Å². The third-order valence-corrected chi connectivity index (χ3v) is 2.00. The van der Waals surface area contributed by atoms with Crippen LogP contribution in [0, 0.1) is 0 Å². The molecule has 2 N–H and O–H groups in total. The number of hydrogen-bond acceptors (Lipinski definition) is 7. The summed E-state index contributed by atoms with van der Waals surface area (Å²) in [6, 6.07) is 0. The van der Waals surface area contributed by atoms with E-state index in [4.69, 9.17) is 10.2 Å². The molecule has 8 nitrogen and oxygen atoms in total. The first-order chi connectivity index (χ1) is 9.38. The van der Waals surface area contributed by atoms with Crippen molar-refractivity contribution in [3.05, 3.63) is 0 Å². The van der Waals surface area contributed by atoms with Gasteiger partial charge in [0.25, 0.3) is 0 Å². The van der Waals surface area contributed by atoms with Crippen LogP contribution in [0.4, 0.5) is 0 Å². The van der Waals surface area contributed by atoms with Crippen molar-refractivity contribution in [1.82, 2.24) is 0 Å². The lowest BCUT2D eigenvalue weighted by Crippen LogP contribution is -2.43. The third-order valence-electron chi connectivity index (χ3n) is 2.00. The van der Waals surface area contributed by atoms with Crippen molar-refractivity contribution in [3.8, 4) is 0 Å². The van der Waals surface area contributed by atoms with Gasteiger partial charge in [0.1, 0.15) is 18.8 Å². The van der Waals surface area contributed by atoms with Crippen LogP contribution in [0.25, 0.3) is 0 Å². The number of carboxylic acids is 1. The smallest absolute Gasteiger partial charge is 0.342 e. The van der Waals surface area contributed by atoms with E-state index in [1.165, 1.54) is 6.92 Å². The SMILES string of the molecule is CCC(=O)OC(=O)C(C)O.C[N+](C)(C)C[C@H](O)CC(=O)[O-]. The Labute approximate surface area is 124 Å². The third kappa shape index (κ3) is 16.4. The van der Waals surface area contributed by atoms with Gasteiger partial charge in [-0.2, -0.15) is 0 Å². The molecular weight excluding hydrogens is 282 g/mol. The maximum atomic E-state index is 10.4. The molecular formula is C13H25NO7. The van der Waals surface area contributed by atoms with Crippen LogP contribution in [-0.2, 0) is 19.1 Å². The van der Waals surface area contributed by atoms with E-state index < -0.39 is 30.1 Å². The number of esters is 2. The fourth-order valence-corrected chi connectivity index (χ4v) is 1.16. The molecule has 0 radical (unpaired) electrons. The summed E-state index contributed by atoms with van der Waals surface area (Å²) < 4.78 is 4.68. The minimum atomic E-state index is -1.23. The van der Waals surface area contributed by atoms with Crippen molar-refractivity contribution in [2.75, 3.05) is 27.7 Å². The molecule has 8 heteroatoms. The Morgan fingerprint density at radius 2 is 1.67 bits per heavy atom. The molecule has 0 fully saturated rings. The molecule has 0 spiro atoms. The van der Waals surface area contributed by atoms with Crippen LogP contribution in [0.15, 0.2) is 0 Å². The van der Waals surface area contributed by atoms with Crippen LogP contribution in [0.1, 0.15) is 26.7 Å². The summed E-state index contributed by atoms with van der Waals surface area (Å²) in [7, 11) is 5.66. The van der Waals surface area contributed by atoms with E-state index in [0.29, 0.717) is 11.0 Å². The Morgan fingerprint density at radius 3 is 1.95 bits per heavy atom. The van der Waals surface area contributed by atoms with Crippen LogP contribution in [0.5, 0.6) is 0 Å². The van der Waals surface area contributed by atoms with Crippen LogP contribution in [0.2, 0.25) is 0 Å². The summed E-state index contributed by atoms with van der Waals surface area (Å²) >= 11 is 0. The number of rotatable bonds is 6. The number of quaternary nitrogens is 1. The zero-order chi connectivity index (χ0) is 17.2. The first-order valence-corrected chi connectivity index (χ1v) is 6.50. The lowest BCUT2D eigenvalue weighted by Gasteiger charge is -2.26. The highest BCUT2D eigenvalue weighted by Gasteiger charge is 2.15. The number of aliphatic hydroxyl groups excluding tert-OH is 2. The molecule has 0 aliphatic rings. The topological polar surface area (TPSA) is 124 Å². The maximum absolute atomic E-state index is 10.4. The minimum absolute atomic E-state index is 0.137. The van der Waals surface area contributed by atoms with E-state index in [9.17, 15) is 19.5 Å². The quantitative estimate of drug-likeness (QED) is 0.332. The van der Waals surface area contributed by atoms with Gasteiger partial charge < -0.3 is 29.3 Å². The van der Waals surface area contributed by atoms with E-state index in [-0.39, 0.29) is 12.8 Å². The number of ether oxygens (including phenoxy) is 1. The molecule has 0 aliphatic carbocycles. The number of nitrogens with zero attached hydrogens (tertiary/aromatic N) is 1. The Morgan fingerprint density at radius 1 is 1.19 bits per heavy atom. The first kappa shape index (κ1) is 21.8. The Bertz CT molecular complexity index is 347. The number of carbonyl (C=O) groups is 3. The molecule has 0 aromatic carbocycles. The number of hydrogen-bond donors (Lipinski definition) is 2. The first-order valence-electron chi connectivity index (χ1n) is 6.50. The molecule has 0 heterocycles. The number of carbonyl (C=O) groups excluding carboxylic acids is 3. The largest absolute Gasteiger partial charge is 0.550 e. The fraction of sp³-hybridized carbons (Fsp3) is 0.769. The molecule has 124 valence electrons. The second-order valence-electron chi connectivity index (χ2n) is 5.53. The van der Waals surface area contributed by atoms with E-state index in [1.807, 2.05) is 21.1 Å². The highest BCUT2D eigenvalue weighted by molar-refractivity contribution is 5.87. The van der Waals surface area contributed by atoms with Crippen molar-refractivity contribution in [3.63, 3.8) is 0 Å². The van der Waals surface area contributed by atoms with Gasteiger partial charge in [0.05, 0.1) is 21.1 Å². The Kier molecular flexibility index (Phi) is 10.6. The second kappa shape index (κ2) is 10.3. The van der Waals surface area contributed by atoms with Gasteiger partial charge in [-0.1, -0.05) is 6.92 Å². The van der Waals surface area contributed by atoms with Gasteiger partial charge in [-0.05, 0) is 6.92 Å². The number of aliphatic hydroxyl groups is 2. The number of carboxylic acid groups (broad SMARTS) is 1. The van der Waals surface area contributed by atoms with E-state index in [2.05, 4.69) is 4.74 Å². The molecule has 0 aromatic heterocycles. The average molecular weight is 307 g/mol. The summed E-state index contributed by atoms with van der Waals surface area (Å²) in [5.41, 5.74) is 0. The highest BCUT2D eigenvalue weighted by atomic mass is 16.6. The molecule has 0 rings (SSSR count). The van der Waals surface area contributed by atoms with Gasteiger partial charge in [0, 0.05) is 18.8 Å². The van der Waals surface area contributed by atoms with Crippen molar-refractivity contribution < 1.29 is 38.9 Å². The predicted octanol–water partition coefficient (Wildman–Crippen LogP) is -1.96. The van der Waals surface area contributed by atoms with Crippen molar-refractivity contribution in [2.45, 2.75) is 38.9 Å².